The summed E-state index contributed by atoms with van der Waals surface area (Å²) >= 11 is -2.00. The molecule has 0 bridgehead atoms. The van der Waals surface area contributed by atoms with Crippen LogP contribution in [0.4, 0.5) is 0 Å². The minimum atomic E-state index is -2.00. The van der Waals surface area contributed by atoms with Gasteiger partial charge in [-0.1, -0.05) is 0 Å². The molecule has 0 saturated carbocycles. The molecule has 0 amide bonds. The van der Waals surface area contributed by atoms with Crippen LogP contribution in [0.5, 0.6) is 0 Å². The molecule has 0 aliphatic carbocycles. The fraction of sp³-hybridized carbons (Fsp3) is 0.727. The second-order valence-corrected chi connectivity index (χ2v) is 19.2. The Bertz CT molecular complexity index is 299. The molecule has 0 aliphatic rings. The van der Waals surface area contributed by atoms with Crippen LogP contribution in [-0.4, -0.2) is 23.5 Å². The van der Waals surface area contributed by atoms with Crippen LogP contribution in [0.1, 0.15) is 31.2 Å². The van der Waals surface area contributed by atoms with Gasteiger partial charge in [0, 0.05) is 0 Å². The average molecular weight is 302 g/mol. The van der Waals surface area contributed by atoms with Crippen LogP contribution >= 0.6 is 0 Å². The molecule has 80 valence electrons. The topological polar surface area (TPSA) is 26.0 Å². The van der Waals surface area contributed by atoms with E-state index in [4.69, 9.17) is 4.52 Å². The number of nitrogens with zero attached hydrogens (tertiary/aromatic N) is 1. The third-order valence-corrected chi connectivity index (χ3v) is 8.55. The van der Waals surface area contributed by atoms with E-state index >= 15 is 0 Å². The zero-order valence-corrected chi connectivity index (χ0v) is 12.8. The van der Waals surface area contributed by atoms with E-state index in [1.54, 1.807) is 0 Å². The molecule has 1 aromatic heterocycles. The molecule has 2 nitrogen and oxygen atoms in total. The predicted molar refractivity (Wildman–Crippen MR) is 62.8 cm³/mol. The van der Waals surface area contributed by atoms with Gasteiger partial charge in [-0.3, -0.25) is 0 Å². The first kappa shape index (κ1) is 12.1. The van der Waals surface area contributed by atoms with Crippen LogP contribution in [0.2, 0.25) is 14.8 Å². The second kappa shape index (κ2) is 4.69. The van der Waals surface area contributed by atoms with Gasteiger partial charge in [0.25, 0.3) is 0 Å². The quantitative estimate of drug-likeness (QED) is 0.799. The van der Waals surface area contributed by atoms with Crippen molar-refractivity contribution < 1.29 is 4.52 Å². The maximum absolute atomic E-state index is 5.43. The van der Waals surface area contributed by atoms with E-state index in [1.165, 1.54) is 22.2 Å². The Kier molecular flexibility index (Phi) is 4.04. The Morgan fingerprint density at radius 1 is 1.29 bits per heavy atom. The van der Waals surface area contributed by atoms with Crippen molar-refractivity contribution in [2.24, 2.45) is 0 Å². The van der Waals surface area contributed by atoms with Gasteiger partial charge in [0.1, 0.15) is 0 Å². The third kappa shape index (κ3) is 2.75. The zero-order chi connectivity index (χ0) is 10.8. The van der Waals surface area contributed by atoms with Crippen molar-refractivity contribution in [2.75, 3.05) is 0 Å². The van der Waals surface area contributed by atoms with Gasteiger partial charge in [0.15, 0.2) is 0 Å². The molecule has 0 spiro atoms. The number of unbranched alkanes of at least 4 members (excludes halogenated alkanes) is 1. The molecule has 0 aliphatic heterocycles. The van der Waals surface area contributed by atoms with Gasteiger partial charge < -0.3 is 0 Å². The number of hydrogen-bond acceptors (Lipinski definition) is 2. The van der Waals surface area contributed by atoms with Crippen molar-refractivity contribution >= 4 is 22.0 Å². The summed E-state index contributed by atoms with van der Waals surface area (Å²) < 4.78 is 6.93. The Morgan fingerprint density at radius 3 is 2.43 bits per heavy atom. The maximum atomic E-state index is 5.43. The molecule has 0 fully saturated rings. The normalized spacial score (nSPS) is 12.1. The van der Waals surface area contributed by atoms with Crippen molar-refractivity contribution in [2.45, 2.75) is 47.9 Å². The van der Waals surface area contributed by atoms with Crippen LogP contribution in [0.25, 0.3) is 0 Å². The van der Waals surface area contributed by atoms with E-state index in [1.807, 2.05) is 0 Å². The van der Waals surface area contributed by atoms with Gasteiger partial charge in [-0.15, -0.1) is 0 Å². The number of aryl methyl sites for hydroxylation is 2. The van der Waals surface area contributed by atoms with Crippen LogP contribution < -0.4 is 3.58 Å². The molecule has 0 aromatic carbocycles. The van der Waals surface area contributed by atoms with Gasteiger partial charge in [-0.2, -0.15) is 0 Å². The monoisotopic (exact) mass is 303 g/mol. The summed E-state index contributed by atoms with van der Waals surface area (Å²) in [5.74, 6) is 1.17. The van der Waals surface area contributed by atoms with Crippen LogP contribution in [-0.2, 0) is 6.42 Å². The molecule has 0 radical (unpaired) electrons. The molecule has 1 aromatic rings. The third-order valence-electron chi connectivity index (χ3n) is 2.44. The molecule has 1 heterocycles. The summed E-state index contributed by atoms with van der Waals surface area (Å²) in [6, 6.07) is 0. The molecule has 14 heavy (non-hydrogen) atoms. The Hall–Kier alpha value is 0.00870. The van der Waals surface area contributed by atoms with Crippen molar-refractivity contribution in [1.29, 1.82) is 0 Å². The fourth-order valence-electron chi connectivity index (χ4n) is 1.89. The summed E-state index contributed by atoms with van der Waals surface area (Å²) in [6.07, 6.45) is 3.50. The number of rotatable bonds is 4. The second-order valence-electron chi connectivity index (χ2n) is 4.92. The summed E-state index contributed by atoms with van der Waals surface area (Å²) in [5, 5.41) is 4.11. The van der Waals surface area contributed by atoms with E-state index in [0.717, 1.165) is 12.1 Å². The molecule has 1 rings (SSSR count). The Balaban J connectivity index is 2.95. The van der Waals surface area contributed by atoms with Gasteiger partial charge >= 0.3 is 91.0 Å². The molecule has 0 saturated heterocycles. The van der Waals surface area contributed by atoms with Crippen molar-refractivity contribution in [3.63, 3.8) is 0 Å². The summed E-state index contributed by atoms with van der Waals surface area (Å²) in [6.45, 7) is 4.29. The van der Waals surface area contributed by atoms with Crippen LogP contribution in [0.3, 0.4) is 0 Å². The fourth-order valence-corrected chi connectivity index (χ4v) is 7.99. The van der Waals surface area contributed by atoms with Gasteiger partial charge in [-0.05, 0) is 0 Å². The summed E-state index contributed by atoms with van der Waals surface area (Å²) in [5.41, 5.74) is 1.14. The molecule has 0 unspecified atom stereocenters. The van der Waals surface area contributed by atoms with E-state index in [2.05, 4.69) is 33.8 Å². The van der Waals surface area contributed by atoms with E-state index in [0.29, 0.717) is 0 Å². The van der Waals surface area contributed by atoms with E-state index in [9.17, 15) is 0 Å². The van der Waals surface area contributed by atoms with Crippen molar-refractivity contribution in [1.82, 2.24) is 5.16 Å². The van der Waals surface area contributed by atoms with E-state index in [-0.39, 0.29) is 0 Å². The number of hydrogen-bond donors (Lipinski definition) is 0. The standard InChI is InChI=1S/C8H12NO.3CH3.Sn/c1-3-4-5-8-6-7(2)9-10-8;;;;/h3-5H2,1-2H3;3*1H3;. The predicted octanol–water partition coefficient (Wildman–Crippen LogP) is 2.87. The van der Waals surface area contributed by atoms with Crippen LogP contribution in [0.15, 0.2) is 4.52 Å². The minimum absolute atomic E-state index is 1.07. The molecule has 0 N–H and O–H groups in total. The van der Waals surface area contributed by atoms with Gasteiger partial charge in [-0.25, -0.2) is 0 Å². The first-order valence-corrected chi connectivity index (χ1v) is 15.4. The molecular weight excluding hydrogens is 281 g/mol. The van der Waals surface area contributed by atoms with Crippen molar-refractivity contribution in [3.05, 3.63) is 11.5 Å². The molecule has 3 heteroatoms. The Labute approximate surface area is 90.9 Å². The molecular formula is C11H21NOSn. The van der Waals surface area contributed by atoms with Gasteiger partial charge in [0.05, 0.1) is 0 Å². The Morgan fingerprint density at radius 2 is 1.93 bits per heavy atom. The zero-order valence-electron chi connectivity index (χ0n) is 9.98. The number of aromatic nitrogens is 1. The van der Waals surface area contributed by atoms with Crippen molar-refractivity contribution in [3.8, 4) is 0 Å². The SMILES string of the molecule is CCCCc1onc(C)[c]1[Sn]([CH3])([CH3])[CH3]. The average Bonchev–Trinajstić information content (AvgIpc) is 2.42. The van der Waals surface area contributed by atoms with Crippen LogP contribution in [0, 0.1) is 6.92 Å². The summed E-state index contributed by atoms with van der Waals surface area (Å²) in [4.78, 5) is 7.26. The van der Waals surface area contributed by atoms with E-state index < -0.39 is 18.4 Å². The molecule has 0 atom stereocenters. The summed E-state index contributed by atoms with van der Waals surface area (Å²) in [7, 11) is 0. The first-order chi connectivity index (χ1) is 6.46. The van der Waals surface area contributed by atoms with Gasteiger partial charge in [0.2, 0.25) is 0 Å². The first-order valence-electron chi connectivity index (χ1n) is 5.42.